The number of aromatic nitrogens is 1. The topological polar surface area (TPSA) is 39.2 Å². The van der Waals surface area contributed by atoms with Crippen LogP contribution in [-0.4, -0.2) is 29.2 Å². The van der Waals surface area contributed by atoms with Gasteiger partial charge in [-0.05, 0) is 30.5 Å². The highest BCUT2D eigenvalue weighted by molar-refractivity contribution is 8.49. The minimum Gasteiger partial charge on any atom is -0.465 e. The molecular weight excluding hydrogens is 394 g/mol. The number of pyridine rings is 1. The first-order chi connectivity index (χ1) is 11.9. The number of aryl methyl sites for hydroxylation is 1. The van der Waals surface area contributed by atoms with Crippen molar-refractivity contribution in [3.8, 4) is 0 Å². The van der Waals surface area contributed by atoms with Crippen LogP contribution in [0.3, 0.4) is 0 Å². The number of carbonyl (C=O) groups excluding carboxylic acids is 1. The number of halogens is 5. The van der Waals surface area contributed by atoms with Gasteiger partial charge >= 0.3 is 5.97 Å². The molecule has 0 bridgehead atoms. The number of esters is 1. The molecule has 1 unspecified atom stereocenters. The molecule has 3 nitrogen and oxygen atoms in total. The predicted octanol–water partition coefficient (Wildman–Crippen LogP) is 5.88. The lowest BCUT2D eigenvalue weighted by Gasteiger charge is -2.49. The highest BCUT2D eigenvalue weighted by atomic mass is 35.5. The first-order valence-electron chi connectivity index (χ1n) is 7.66. The van der Waals surface area contributed by atoms with Gasteiger partial charge in [0.05, 0.1) is 18.4 Å². The maximum Gasteiger partial charge on any atom is 0.339 e. The zero-order chi connectivity index (χ0) is 19.5. The molecule has 0 N–H and O–H groups in total. The molecule has 9 heteroatoms. The second-order valence-electron chi connectivity index (χ2n) is 5.90. The Morgan fingerprint density at radius 1 is 1.15 bits per heavy atom. The summed E-state index contributed by atoms with van der Waals surface area (Å²) in [5, 5.41) is -3.09. The molecule has 1 aromatic heterocycles. The monoisotopic (exact) mass is 411 g/mol. The number of nitrogens with zero attached hydrogens (tertiary/aromatic N) is 1. The molecule has 1 aromatic carbocycles. The summed E-state index contributed by atoms with van der Waals surface area (Å²) < 4.78 is 62.2. The largest absolute Gasteiger partial charge is 0.465 e. The summed E-state index contributed by atoms with van der Waals surface area (Å²) in [6, 6.07) is 10.1. The normalized spacial score (nSPS) is 15.6. The van der Waals surface area contributed by atoms with Crippen molar-refractivity contribution in [2.24, 2.45) is 0 Å². The van der Waals surface area contributed by atoms with Gasteiger partial charge in [0.1, 0.15) is 0 Å². The van der Waals surface area contributed by atoms with E-state index >= 15 is 0 Å². The molecule has 0 aliphatic carbocycles. The summed E-state index contributed by atoms with van der Waals surface area (Å²) in [4.78, 5) is 14.4. The first kappa shape index (κ1) is 20.5. The van der Waals surface area contributed by atoms with Crippen molar-refractivity contribution < 1.29 is 25.1 Å². The first-order valence-corrected chi connectivity index (χ1v) is 10.3. The van der Waals surface area contributed by atoms with Gasteiger partial charge in [-0.25, -0.2) is 9.78 Å². The Morgan fingerprint density at radius 3 is 2.35 bits per heavy atom. The van der Waals surface area contributed by atoms with Crippen LogP contribution in [0.25, 0.3) is 0 Å². The van der Waals surface area contributed by atoms with Crippen molar-refractivity contribution in [3.05, 3.63) is 59.8 Å². The number of hydrogen-bond acceptors (Lipinski definition) is 3. The van der Waals surface area contributed by atoms with Gasteiger partial charge in [-0.15, -0.1) is 27.1 Å². The van der Waals surface area contributed by atoms with Gasteiger partial charge in [0, 0.05) is 11.6 Å². The van der Waals surface area contributed by atoms with Crippen LogP contribution in [0.2, 0.25) is 0 Å². The Hall–Kier alpha value is -1.80. The standard InChI is InChI=1S/C17H18ClF4NO2S/c1-25-17(24)14-8-10-16(23-11-14)26(19,20,21,22)12-15(18)9-7-13-5-3-2-4-6-13/h2-6,8,10-11,15H,7,9,12H2,1H3. The lowest BCUT2D eigenvalue weighted by molar-refractivity contribution is 0.0600. The van der Waals surface area contributed by atoms with Gasteiger partial charge < -0.3 is 4.74 Å². The van der Waals surface area contributed by atoms with E-state index in [1.807, 2.05) is 0 Å². The quantitative estimate of drug-likeness (QED) is 0.324. The molecule has 0 aliphatic heterocycles. The van der Waals surface area contributed by atoms with Crippen molar-refractivity contribution in [1.29, 1.82) is 0 Å². The molecule has 2 aromatic rings. The fourth-order valence-electron chi connectivity index (χ4n) is 2.39. The van der Waals surface area contributed by atoms with Crippen molar-refractivity contribution in [1.82, 2.24) is 4.98 Å². The van der Waals surface area contributed by atoms with E-state index in [0.717, 1.165) is 18.7 Å². The number of rotatable bonds is 7. The number of ether oxygens (including phenoxy) is 1. The summed E-state index contributed by atoms with van der Waals surface area (Å²) in [7, 11) is -7.60. The van der Waals surface area contributed by atoms with Gasteiger partial charge in [0.25, 0.3) is 0 Å². The minimum absolute atomic E-state index is 0.0342. The SMILES string of the molecule is COC(=O)c1ccc(S(F)(F)(F)(F)CC(Cl)CCc2ccccc2)nc1. The summed E-state index contributed by atoms with van der Waals surface area (Å²) in [6.45, 7) is 0. The van der Waals surface area contributed by atoms with E-state index in [4.69, 9.17) is 11.6 Å². The van der Waals surface area contributed by atoms with E-state index in [2.05, 4.69) is 9.72 Å². The molecule has 0 spiro atoms. The van der Waals surface area contributed by atoms with Crippen LogP contribution >= 0.6 is 21.4 Å². The van der Waals surface area contributed by atoms with Gasteiger partial charge in [-0.2, -0.15) is 0 Å². The highest BCUT2D eigenvalue weighted by Gasteiger charge is 2.66. The number of alkyl halides is 1. The molecule has 0 saturated carbocycles. The van der Waals surface area contributed by atoms with Crippen LogP contribution in [0, 0.1) is 0 Å². The zero-order valence-corrected chi connectivity index (χ0v) is 15.5. The van der Waals surface area contributed by atoms with Crippen molar-refractivity contribution in [3.63, 3.8) is 0 Å². The van der Waals surface area contributed by atoms with Gasteiger partial charge in [-0.3, -0.25) is 0 Å². The van der Waals surface area contributed by atoms with Gasteiger partial charge in [0.2, 0.25) is 9.84 Å². The third-order valence-corrected chi connectivity index (χ3v) is 6.52. The fraction of sp³-hybridized carbons (Fsp3) is 0.294. The molecular formula is C17H18ClF4NO2S. The third-order valence-electron chi connectivity index (χ3n) is 3.73. The van der Waals surface area contributed by atoms with Gasteiger partial charge in [0.15, 0.2) is 5.03 Å². The predicted molar refractivity (Wildman–Crippen MR) is 95.1 cm³/mol. The van der Waals surface area contributed by atoms with E-state index < -0.39 is 32.0 Å². The molecule has 1 atom stereocenters. The molecule has 0 saturated heterocycles. The smallest absolute Gasteiger partial charge is 0.339 e. The number of benzene rings is 1. The van der Waals surface area contributed by atoms with Crippen LogP contribution in [-0.2, 0) is 11.2 Å². The molecule has 2 rings (SSSR count). The lowest BCUT2D eigenvalue weighted by Crippen LogP contribution is -2.26. The van der Waals surface area contributed by atoms with Crippen molar-refractivity contribution >= 4 is 27.4 Å². The molecule has 144 valence electrons. The summed E-state index contributed by atoms with van der Waals surface area (Å²) >= 11 is 5.82. The zero-order valence-electron chi connectivity index (χ0n) is 13.9. The van der Waals surface area contributed by atoms with Crippen LogP contribution in [0.15, 0.2) is 53.7 Å². The number of carbonyl (C=O) groups is 1. The summed E-state index contributed by atoms with van der Waals surface area (Å²) in [6.07, 6.45) is 0.914. The molecule has 26 heavy (non-hydrogen) atoms. The maximum atomic E-state index is 14.4. The Balaban J connectivity index is 2.16. The summed E-state index contributed by atoms with van der Waals surface area (Å²) in [5.41, 5.74) is 0.623. The van der Waals surface area contributed by atoms with E-state index in [-0.39, 0.29) is 12.0 Å². The molecule has 0 aliphatic rings. The Kier molecular flexibility index (Phi) is 5.31. The number of methoxy groups -OCH3 is 1. The van der Waals surface area contributed by atoms with Crippen molar-refractivity contribution in [2.45, 2.75) is 23.2 Å². The summed E-state index contributed by atoms with van der Waals surface area (Å²) in [5.74, 6) is -2.65. The van der Waals surface area contributed by atoms with Crippen LogP contribution < -0.4 is 0 Å². The Labute approximate surface area is 153 Å². The van der Waals surface area contributed by atoms with E-state index in [1.165, 1.54) is 0 Å². The van der Waals surface area contributed by atoms with E-state index in [1.54, 1.807) is 30.3 Å². The molecule has 1 heterocycles. The Bertz CT molecular complexity index is 781. The second-order valence-corrected chi connectivity index (χ2v) is 9.75. The number of hydrogen-bond donors (Lipinski definition) is 0. The van der Waals surface area contributed by atoms with Crippen LogP contribution in [0.4, 0.5) is 15.5 Å². The molecule has 0 radical (unpaired) electrons. The fourth-order valence-corrected chi connectivity index (χ4v) is 4.98. The Morgan fingerprint density at radius 2 is 1.81 bits per heavy atom. The second kappa shape index (κ2) is 6.74. The van der Waals surface area contributed by atoms with E-state index in [0.29, 0.717) is 18.7 Å². The molecule has 0 amide bonds. The minimum atomic E-state index is -8.68. The van der Waals surface area contributed by atoms with Crippen LogP contribution in [0.5, 0.6) is 0 Å². The maximum absolute atomic E-state index is 14.4. The van der Waals surface area contributed by atoms with Gasteiger partial charge in [-0.1, -0.05) is 30.3 Å². The van der Waals surface area contributed by atoms with E-state index in [9.17, 15) is 20.3 Å². The van der Waals surface area contributed by atoms with Crippen molar-refractivity contribution in [2.75, 3.05) is 12.9 Å². The highest BCUT2D eigenvalue weighted by Crippen LogP contribution is 3.00. The lowest BCUT2D eigenvalue weighted by atomic mass is 10.1. The van der Waals surface area contributed by atoms with Crippen LogP contribution in [0.1, 0.15) is 22.3 Å². The average Bonchev–Trinajstić information content (AvgIpc) is 2.59. The third kappa shape index (κ3) is 5.11. The average molecular weight is 412 g/mol. The molecule has 0 fully saturated rings.